The van der Waals surface area contributed by atoms with Crippen molar-refractivity contribution in [3.8, 4) is 0 Å². The third-order valence-corrected chi connectivity index (χ3v) is 9.40. The number of hydrogen-bond acceptors (Lipinski definition) is 6. The van der Waals surface area contributed by atoms with Crippen molar-refractivity contribution in [1.29, 1.82) is 0 Å². The zero-order valence-electron chi connectivity index (χ0n) is 23.3. The summed E-state index contributed by atoms with van der Waals surface area (Å²) in [6.45, 7) is 2.72. The number of rotatable bonds is 7. The van der Waals surface area contributed by atoms with E-state index in [-0.39, 0.29) is 12.2 Å². The van der Waals surface area contributed by atoms with E-state index in [1.54, 1.807) is 11.5 Å². The molecule has 0 saturated heterocycles. The Hall–Kier alpha value is -4.79. The number of esters is 1. The Balaban J connectivity index is 1.44. The van der Waals surface area contributed by atoms with Crippen molar-refractivity contribution in [2.75, 3.05) is 6.61 Å². The molecule has 7 rings (SSSR count). The lowest BCUT2D eigenvalue weighted by atomic mass is 9.97. The highest BCUT2D eigenvalue weighted by Gasteiger charge is 2.35. The van der Waals surface area contributed by atoms with Crippen LogP contribution in [0.1, 0.15) is 34.5 Å². The quantitative estimate of drug-likeness (QED) is 0.211. The van der Waals surface area contributed by atoms with Gasteiger partial charge in [0.25, 0.3) is 5.56 Å². The van der Waals surface area contributed by atoms with Gasteiger partial charge in [0.15, 0.2) is 4.80 Å². The average molecular weight is 602 g/mol. The van der Waals surface area contributed by atoms with E-state index in [9.17, 15) is 9.59 Å². The van der Waals surface area contributed by atoms with Crippen molar-refractivity contribution in [2.45, 2.75) is 19.5 Å². The molecule has 3 aromatic carbocycles. The van der Waals surface area contributed by atoms with Crippen LogP contribution in [0.2, 0.25) is 0 Å². The fourth-order valence-electron chi connectivity index (χ4n) is 5.60. The second-order valence-electron chi connectivity index (χ2n) is 10.2. The van der Waals surface area contributed by atoms with Gasteiger partial charge in [0.05, 0.1) is 22.4 Å². The maximum absolute atomic E-state index is 14.2. The van der Waals surface area contributed by atoms with E-state index >= 15 is 0 Å². The number of benzene rings is 3. The van der Waals surface area contributed by atoms with E-state index in [1.165, 1.54) is 28.2 Å². The number of ether oxygens (including phenoxy) is 1. The van der Waals surface area contributed by atoms with Gasteiger partial charge < -0.3 is 9.30 Å². The molecule has 0 radical (unpaired) electrons. The number of carbonyl (C=O) groups excluding carboxylic acids is 1. The van der Waals surface area contributed by atoms with Gasteiger partial charge in [0, 0.05) is 39.6 Å². The van der Waals surface area contributed by atoms with Crippen LogP contribution in [-0.4, -0.2) is 21.7 Å². The molecule has 0 saturated carbocycles. The maximum Gasteiger partial charge on any atom is 0.338 e. The molecule has 4 heterocycles. The minimum Gasteiger partial charge on any atom is -0.463 e. The number of fused-ring (bicyclic) bond motifs is 2. The number of hydrogen-bond donors (Lipinski definition) is 0. The Morgan fingerprint density at radius 1 is 0.953 bits per heavy atom. The van der Waals surface area contributed by atoms with Crippen LogP contribution in [-0.2, 0) is 16.1 Å². The lowest BCUT2D eigenvalue weighted by Crippen LogP contribution is -2.39. The molecule has 3 aromatic heterocycles. The van der Waals surface area contributed by atoms with Crippen LogP contribution in [0.15, 0.2) is 124 Å². The lowest BCUT2D eigenvalue weighted by molar-refractivity contribution is -0.138. The molecule has 6 nitrogen and oxygen atoms in total. The van der Waals surface area contributed by atoms with Crippen molar-refractivity contribution in [1.82, 2.24) is 9.13 Å². The summed E-state index contributed by atoms with van der Waals surface area (Å²) in [6, 6.07) is 31.4. The summed E-state index contributed by atoms with van der Waals surface area (Å²) in [4.78, 5) is 34.2. The third-order valence-electron chi connectivity index (χ3n) is 7.49. The zero-order chi connectivity index (χ0) is 29.3. The molecule has 1 atom stereocenters. The lowest BCUT2D eigenvalue weighted by Gasteiger charge is -2.24. The Morgan fingerprint density at radius 2 is 1.70 bits per heavy atom. The van der Waals surface area contributed by atoms with E-state index in [0.29, 0.717) is 20.6 Å². The number of carbonyl (C=O) groups is 1. The van der Waals surface area contributed by atoms with Gasteiger partial charge in [-0.15, -0.1) is 11.3 Å². The van der Waals surface area contributed by atoms with E-state index < -0.39 is 12.0 Å². The molecule has 0 amide bonds. The first-order valence-corrected chi connectivity index (χ1v) is 15.8. The van der Waals surface area contributed by atoms with Gasteiger partial charge in [0.2, 0.25) is 0 Å². The first-order chi connectivity index (χ1) is 21.1. The van der Waals surface area contributed by atoms with Crippen molar-refractivity contribution in [3.63, 3.8) is 0 Å². The Labute approximate surface area is 255 Å². The predicted molar refractivity (Wildman–Crippen MR) is 173 cm³/mol. The topological polar surface area (TPSA) is 65.6 Å². The highest BCUT2D eigenvalue weighted by molar-refractivity contribution is 7.10. The average Bonchev–Trinajstić information content (AvgIpc) is 3.77. The fraction of sp³-hybridized carbons (Fsp3) is 0.114. The van der Waals surface area contributed by atoms with E-state index in [4.69, 9.17) is 9.73 Å². The zero-order valence-corrected chi connectivity index (χ0v) is 25.0. The van der Waals surface area contributed by atoms with E-state index in [1.807, 2.05) is 84.3 Å². The van der Waals surface area contributed by atoms with Crippen LogP contribution >= 0.6 is 22.7 Å². The number of para-hydroxylation sites is 1. The fourth-order valence-corrected chi connectivity index (χ4v) is 7.41. The summed E-state index contributed by atoms with van der Waals surface area (Å²) in [6.07, 6.45) is 4.06. The first kappa shape index (κ1) is 27.1. The summed E-state index contributed by atoms with van der Waals surface area (Å²) < 4.78 is 9.97. The molecular weight excluding hydrogens is 575 g/mol. The molecular formula is C35H27N3O3S2. The number of aromatic nitrogens is 2. The van der Waals surface area contributed by atoms with E-state index in [2.05, 4.69) is 35.0 Å². The van der Waals surface area contributed by atoms with Crippen LogP contribution in [0.5, 0.6) is 0 Å². The van der Waals surface area contributed by atoms with Crippen LogP contribution < -0.4 is 14.9 Å². The van der Waals surface area contributed by atoms with Gasteiger partial charge in [0.1, 0.15) is 6.04 Å². The minimum atomic E-state index is -0.646. The van der Waals surface area contributed by atoms with Crippen molar-refractivity contribution in [2.24, 2.45) is 4.99 Å². The molecule has 8 heteroatoms. The normalized spacial score (nSPS) is 15.0. The molecule has 1 aliphatic heterocycles. The second-order valence-corrected chi connectivity index (χ2v) is 12.2. The number of thiazole rings is 1. The predicted octanol–water partition coefficient (Wildman–Crippen LogP) is 6.00. The molecule has 0 N–H and O–H groups in total. The van der Waals surface area contributed by atoms with Crippen LogP contribution in [0.3, 0.4) is 0 Å². The molecule has 1 aliphatic rings. The highest BCUT2D eigenvalue weighted by atomic mass is 32.1. The molecule has 43 heavy (non-hydrogen) atoms. The second kappa shape index (κ2) is 11.5. The van der Waals surface area contributed by atoms with Crippen LogP contribution in [0.4, 0.5) is 0 Å². The molecule has 0 bridgehead atoms. The maximum atomic E-state index is 14.2. The summed E-state index contributed by atoms with van der Waals surface area (Å²) >= 11 is 2.85. The standard InChI is InChI=1S/C35H27N3O3S2/c1-2-41-34(40)30-31(24-14-7-4-8-15-24)36-35-38(32(30)28-18-11-19-42-28)33(39)29(43-35)20-25-22-37(21-23-12-5-3-6-13-23)27-17-10-9-16-26(25)27/h3-20,22,32H,2,21H2,1H3/b29-20-/t32-/m1/s1. The van der Waals surface area contributed by atoms with Gasteiger partial charge in [-0.3, -0.25) is 9.36 Å². The van der Waals surface area contributed by atoms with Gasteiger partial charge in [-0.25, -0.2) is 9.79 Å². The van der Waals surface area contributed by atoms with Crippen LogP contribution in [0.25, 0.3) is 22.7 Å². The van der Waals surface area contributed by atoms with E-state index in [0.717, 1.165) is 33.5 Å². The summed E-state index contributed by atoms with van der Waals surface area (Å²) in [7, 11) is 0. The summed E-state index contributed by atoms with van der Waals surface area (Å²) in [5.41, 5.74) is 4.77. The molecule has 0 spiro atoms. The highest BCUT2D eigenvalue weighted by Crippen LogP contribution is 2.37. The summed E-state index contributed by atoms with van der Waals surface area (Å²) in [5.74, 6) is -0.471. The smallest absolute Gasteiger partial charge is 0.338 e. The molecule has 212 valence electrons. The van der Waals surface area contributed by atoms with Crippen molar-refractivity contribution in [3.05, 3.63) is 155 Å². The van der Waals surface area contributed by atoms with Crippen molar-refractivity contribution < 1.29 is 9.53 Å². The monoisotopic (exact) mass is 601 g/mol. The summed E-state index contributed by atoms with van der Waals surface area (Å²) in [5, 5.41) is 3.02. The Kier molecular flexibility index (Phi) is 7.22. The third kappa shape index (κ3) is 4.98. The minimum absolute atomic E-state index is 0.184. The first-order valence-electron chi connectivity index (χ1n) is 14.1. The SMILES string of the molecule is CCOC(=O)C1=C(c2ccccc2)N=c2s/c(=C\c3cn(Cc4ccccc4)c4ccccc34)c(=O)n2[C@@H]1c1cccs1. The number of nitrogens with zero attached hydrogens (tertiary/aromatic N) is 3. The van der Waals surface area contributed by atoms with Gasteiger partial charge in [-0.1, -0.05) is 96.3 Å². The molecule has 6 aromatic rings. The molecule has 0 aliphatic carbocycles. The largest absolute Gasteiger partial charge is 0.463 e. The Morgan fingerprint density at radius 3 is 2.44 bits per heavy atom. The Bertz CT molecular complexity index is 2160. The van der Waals surface area contributed by atoms with Crippen LogP contribution in [0, 0.1) is 0 Å². The van der Waals surface area contributed by atoms with Gasteiger partial charge in [-0.2, -0.15) is 0 Å². The number of thiophene rings is 1. The molecule has 0 unspecified atom stereocenters. The molecule has 0 fully saturated rings. The van der Waals surface area contributed by atoms with Gasteiger partial charge in [-0.05, 0) is 36.1 Å². The van der Waals surface area contributed by atoms with Crippen molar-refractivity contribution >= 4 is 51.3 Å². The van der Waals surface area contributed by atoms with Gasteiger partial charge >= 0.3 is 5.97 Å².